The van der Waals surface area contributed by atoms with Crippen LogP contribution in [0.4, 0.5) is 5.69 Å². The zero-order valence-corrected chi connectivity index (χ0v) is 18.2. The van der Waals surface area contributed by atoms with Crippen LogP contribution in [0.1, 0.15) is 25.0 Å². The molecule has 4 rings (SSSR count). The van der Waals surface area contributed by atoms with Crippen molar-refractivity contribution >= 4 is 30.4 Å². The molecule has 8 nitrogen and oxygen atoms in total. The minimum atomic E-state index is -3.16. The number of H-pyrrole nitrogens is 1. The molecule has 31 heavy (non-hydrogen) atoms. The predicted octanol–water partition coefficient (Wildman–Crippen LogP) is 4.77. The number of nitrogens with one attached hydrogen (secondary N) is 1. The van der Waals surface area contributed by atoms with Gasteiger partial charge in [0.1, 0.15) is 0 Å². The number of aromatic amines is 1. The summed E-state index contributed by atoms with van der Waals surface area (Å²) in [4.78, 5) is 19.6. The minimum Gasteiger partial charge on any atom is -0.454 e. The number of rotatable bonds is 8. The Morgan fingerprint density at radius 3 is 2.42 bits per heavy atom. The highest BCUT2D eigenvalue weighted by Gasteiger charge is 2.23. The first kappa shape index (κ1) is 21.3. The highest BCUT2D eigenvalue weighted by Crippen LogP contribution is 2.51. The van der Waals surface area contributed by atoms with E-state index in [-0.39, 0.29) is 18.5 Å². The Hall–Kier alpha value is -2.93. The van der Waals surface area contributed by atoms with Crippen LogP contribution in [0.2, 0.25) is 0 Å². The van der Waals surface area contributed by atoms with Gasteiger partial charge >= 0.3 is 7.60 Å². The molecule has 0 amide bonds. The topological polar surface area (TPSA) is 99.2 Å². The van der Waals surface area contributed by atoms with E-state index in [0.717, 1.165) is 10.9 Å². The molecule has 2 aromatic carbocycles. The van der Waals surface area contributed by atoms with Gasteiger partial charge < -0.3 is 23.5 Å². The van der Waals surface area contributed by atoms with E-state index in [9.17, 15) is 9.36 Å². The molecule has 1 N–H and O–H groups in total. The maximum absolute atomic E-state index is 12.7. The van der Waals surface area contributed by atoms with Crippen molar-refractivity contribution in [3.8, 4) is 11.5 Å². The first-order valence-electron chi connectivity index (χ1n) is 9.97. The quantitative estimate of drug-likeness (QED) is 0.398. The molecular weight excluding hydrogens is 419 g/mol. The van der Waals surface area contributed by atoms with Gasteiger partial charge in [-0.15, -0.1) is 0 Å². The predicted molar refractivity (Wildman–Crippen MR) is 119 cm³/mol. The van der Waals surface area contributed by atoms with Gasteiger partial charge in [0, 0.05) is 17.7 Å². The van der Waals surface area contributed by atoms with Crippen molar-refractivity contribution < 1.29 is 23.1 Å². The number of fused-ring (bicyclic) bond motifs is 2. The largest absolute Gasteiger partial charge is 0.454 e. The van der Waals surface area contributed by atoms with Crippen LogP contribution in [0.3, 0.4) is 0 Å². The van der Waals surface area contributed by atoms with Gasteiger partial charge in [-0.05, 0) is 43.7 Å². The summed E-state index contributed by atoms with van der Waals surface area (Å²) >= 11 is 0. The number of ether oxygens (including phenoxy) is 2. The average molecular weight is 442 g/mol. The molecule has 0 bridgehead atoms. The van der Waals surface area contributed by atoms with Crippen molar-refractivity contribution in [1.29, 1.82) is 0 Å². The molecular formula is C22H23N2O6P. The summed E-state index contributed by atoms with van der Waals surface area (Å²) in [6.07, 6.45) is 1.71. The number of hydrogen-bond donors (Lipinski definition) is 1. The lowest BCUT2D eigenvalue weighted by Gasteiger charge is -2.16. The maximum atomic E-state index is 12.7. The maximum Gasteiger partial charge on any atom is 0.335 e. The molecule has 1 aliphatic heterocycles. The first-order chi connectivity index (χ1) is 15.0. The summed E-state index contributed by atoms with van der Waals surface area (Å²) in [5.41, 5.74) is 2.33. The van der Waals surface area contributed by atoms with Gasteiger partial charge in [-0.1, -0.05) is 12.1 Å². The van der Waals surface area contributed by atoms with Crippen LogP contribution < -0.4 is 15.0 Å². The number of nitrogens with zero attached hydrogens (tertiary/aromatic N) is 1. The zero-order chi connectivity index (χ0) is 21.8. The molecule has 0 spiro atoms. The van der Waals surface area contributed by atoms with Crippen LogP contribution in [0.5, 0.6) is 11.5 Å². The Morgan fingerprint density at radius 2 is 1.74 bits per heavy atom. The van der Waals surface area contributed by atoms with Crippen molar-refractivity contribution in [2.45, 2.75) is 20.0 Å². The zero-order valence-electron chi connectivity index (χ0n) is 17.3. The lowest BCUT2D eigenvalue weighted by atomic mass is 10.1. The minimum absolute atomic E-state index is 0.171. The third-order valence-electron chi connectivity index (χ3n) is 4.68. The average Bonchev–Trinajstić information content (AvgIpc) is 3.19. The van der Waals surface area contributed by atoms with E-state index in [1.54, 1.807) is 38.1 Å². The fourth-order valence-electron chi connectivity index (χ4n) is 3.29. The molecule has 0 saturated heterocycles. The van der Waals surface area contributed by atoms with Crippen LogP contribution in [0, 0.1) is 0 Å². The Balaban J connectivity index is 1.52. The number of aliphatic imine (C=N–C) groups is 1. The Labute approximate surface area is 179 Å². The van der Waals surface area contributed by atoms with Crippen molar-refractivity contribution in [3.63, 3.8) is 0 Å². The van der Waals surface area contributed by atoms with Gasteiger partial charge in [0.05, 0.1) is 36.1 Å². The van der Waals surface area contributed by atoms with E-state index in [1.807, 2.05) is 18.2 Å². The smallest absolute Gasteiger partial charge is 0.335 e. The number of pyridine rings is 1. The highest BCUT2D eigenvalue weighted by atomic mass is 31.2. The SMILES string of the molecule is CCOP(=O)(Cc1ccc(N=Cc2cc3cc4c(cc3[nH]c2=O)OCO4)cc1)OCC. The van der Waals surface area contributed by atoms with Crippen LogP contribution in [0.25, 0.3) is 10.9 Å². The molecule has 0 radical (unpaired) electrons. The molecule has 0 atom stereocenters. The van der Waals surface area contributed by atoms with Crippen molar-refractivity contribution in [1.82, 2.24) is 4.98 Å². The third-order valence-corrected chi connectivity index (χ3v) is 6.74. The standard InChI is InChI=1S/C22H23N2O6P/c1-3-29-31(26,30-4-2)13-15-5-7-18(8-6-15)23-12-17-9-16-10-20-21(28-14-27-20)11-19(16)24-22(17)25/h5-12H,3-4,13-14H2,1-2H3,(H,24,25). The molecule has 1 aliphatic rings. The Bertz CT molecular complexity index is 1210. The first-order valence-corrected chi connectivity index (χ1v) is 11.7. The summed E-state index contributed by atoms with van der Waals surface area (Å²) in [7, 11) is -3.16. The van der Waals surface area contributed by atoms with Crippen LogP contribution in [0.15, 0.2) is 52.3 Å². The molecule has 3 aromatic rings. The monoisotopic (exact) mass is 442 g/mol. The summed E-state index contributed by atoms with van der Waals surface area (Å²) in [5, 5.41) is 0.822. The van der Waals surface area contributed by atoms with Crippen molar-refractivity contribution in [2.24, 2.45) is 4.99 Å². The van der Waals surface area contributed by atoms with E-state index < -0.39 is 7.60 Å². The number of benzene rings is 2. The lowest BCUT2D eigenvalue weighted by Crippen LogP contribution is -2.11. The molecule has 162 valence electrons. The second-order valence-electron chi connectivity index (χ2n) is 6.88. The summed E-state index contributed by atoms with van der Waals surface area (Å²) in [5.74, 6) is 1.26. The van der Waals surface area contributed by atoms with E-state index in [4.69, 9.17) is 18.5 Å². The number of aromatic nitrogens is 1. The van der Waals surface area contributed by atoms with Gasteiger partial charge in [0.15, 0.2) is 11.5 Å². The van der Waals surface area contributed by atoms with Gasteiger partial charge in [-0.3, -0.25) is 14.4 Å². The molecule has 0 unspecified atom stereocenters. The Morgan fingerprint density at radius 1 is 1.06 bits per heavy atom. The molecule has 2 heterocycles. The van der Waals surface area contributed by atoms with Crippen LogP contribution in [-0.4, -0.2) is 31.2 Å². The number of hydrogen-bond acceptors (Lipinski definition) is 7. The van der Waals surface area contributed by atoms with E-state index in [0.29, 0.717) is 41.5 Å². The highest BCUT2D eigenvalue weighted by molar-refractivity contribution is 7.53. The second-order valence-corrected chi connectivity index (χ2v) is 8.93. The normalized spacial score (nSPS) is 13.4. The second kappa shape index (κ2) is 9.06. The van der Waals surface area contributed by atoms with Crippen molar-refractivity contribution in [3.05, 3.63) is 63.9 Å². The molecule has 0 aliphatic carbocycles. The van der Waals surface area contributed by atoms with Crippen LogP contribution >= 0.6 is 7.60 Å². The van der Waals surface area contributed by atoms with E-state index in [1.165, 1.54) is 6.21 Å². The van der Waals surface area contributed by atoms with Crippen LogP contribution in [-0.2, 0) is 19.8 Å². The van der Waals surface area contributed by atoms with E-state index in [2.05, 4.69) is 9.98 Å². The summed E-state index contributed by atoms with van der Waals surface area (Å²) < 4.78 is 34.1. The van der Waals surface area contributed by atoms with Gasteiger partial charge in [-0.25, -0.2) is 0 Å². The molecule has 1 aromatic heterocycles. The summed E-state index contributed by atoms with van der Waals surface area (Å²) in [6.45, 7) is 4.38. The third kappa shape index (κ3) is 4.88. The Kier molecular flexibility index (Phi) is 6.23. The molecule has 9 heteroatoms. The van der Waals surface area contributed by atoms with Gasteiger partial charge in [-0.2, -0.15) is 0 Å². The lowest BCUT2D eigenvalue weighted by molar-refractivity contribution is 0.174. The van der Waals surface area contributed by atoms with Gasteiger partial charge in [0.25, 0.3) is 5.56 Å². The fraction of sp³-hybridized carbons (Fsp3) is 0.273. The summed E-state index contributed by atoms with van der Waals surface area (Å²) in [6, 6.07) is 12.6. The molecule has 0 fully saturated rings. The van der Waals surface area contributed by atoms with Crippen molar-refractivity contribution in [2.75, 3.05) is 20.0 Å². The fourth-order valence-corrected chi connectivity index (χ4v) is 4.99. The van der Waals surface area contributed by atoms with Gasteiger partial charge in [0.2, 0.25) is 6.79 Å². The van der Waals surface area contributed by atoms with E-state index >= 15 is 0 Å². The molecule has 0 saturated carbocycles.